The van der Waals surface area contributed by atoms with Crippen LogP contribution in [0.25, 0.3) is 10.9 Å². The van der Waals surface area contributed by atoms with Gasteiger partial charge in [0.05, 0.1) is 24.8 Å². The number of benzene rings is 2. The Hall–Kier alpha value is -2.37. The molecular weight excluding hydrogens is 351 g/mol. The molecule has 1 aromatic heterocycles. The van der Waals surface area contributed by atoms with Crippen molar-refractivity contribution in [3.05, 3.63) is 45.9 Å². The van der Waals surface area contributed by atoms with E-state index in [1.54, 1.807) is 30.3 Å². The highest BCUT2D eigenvalue weighted by Crippen LogP contribution is 2.38. The third kappa shape index (κ3) is 3.00. The largest absolute Gasteiger partial charge is 0.495 e. The van der Waals surface area contributed by atoms with E-state index in [0.29, 0.717) is 32.8 Å². The Balaban J connectivity index is 2.08. The summed E-state index contributed by atoms with van der Waals surface area (Å²) in [6, 6.07) is 8.58. The number of nitrogens with zero attached hydrogens (tertiary/aromatic N) is 1. The summed E-state index contributed by atoms with van der Waals surface area (Å²) in [6.45, 7) is 0. The van der Waals surface area contributed by atoms with Crippen molar-refractivity contribution in [1.29, 1.82) is 0 Å². The predicted molar refractivity (Wildman–Crippen MR) is 96.8 cm³/mol. The van der Waals surface area contributed by atoms with Gasteiger partial charge >= 0.3 is 0 Å². The Labute approximate surface area is 148 Å². The maximum Gasteiger partial charge on any atom is 0.198 e. The number of halogens is 2. The van der Waals surface area contributed by atoms with Crippen molar-refractivity contribution in [3.63, 3.8) is 0 Å². The van der Waals surface area contributed by atoms with Crippen LogP contribution in [-0.4, -0.2) is 30.5 Å². The predicted octanol–water partition coefficient (Wildman–Crippen LogP) is 4.95. The highest BCUT2D eigenvalue weighted by atomic mass is 35.5. The van der Waals surface area contributed by atoms with Gasteiger partial charge in [0, 0.05) is 34.3 Å². The molecule has 0 spiro atoms. The smallest absolute Gasteiger partial charge is 0.198 e. The molecule has 7 heteroatoms. The van der Waals surface area contributed by atoms with E-state index in [-0.39, 0.29) is 5.88 Å². The van der Waals surface area contributed by atoms with E-state index in [1.807, 2.05) is 0 Å². The van der Waals surface area contributed by atoms with Gasteiger partial charge in [-0.25, -0.2) is 0 Å². The van der Waals surface area contributed by atoms with E-state index in [9.17, 15) is 5.11 Å². The van der Waals surface area contributed by atoms with E-state index in [2.05, 4.69) is 9.98 Å². The van der Waals surface area contributed by atoms with Gasteiger partial charge in [0.2, 0.25) is 0 Å². The van der Waals surface area contributed by atoms with Crippen LogP contribution < -0.4 is 9.47 Å². The van der Waals surface area contributed by atoms with Crippen LogP contribution in [-0.2, 0) is 0 Å². The minimum absolute atomic E-state index is 0.0101. The molecule has 0 saturated carbocycles. The second-order valence-corrected chi connectivity index (χ2v) is 5.84. The van der Waals surface area contributed by atoms with Crippen LogP contribution in [0.1, 0.15) is 5.56 Å². The van der Waals surface area contributed by atoms with Crippen molar-refractivity contribution >= 4 is 46.0 Å². The number of aromatic hydroxyl groups is 1. The Morgan fingerprint density at radius 3 is 2.54 bits per heavy atom. The third-order valence-corrected chi connectivity index (χ3v) is 4.10. The molecule has 5 nitrogen and oxygen atoms in total. The molecule has 0 fully saturated rings. The SMILES string of the molecule is COc1cc(N=Cc2c(O)[nH]c3ccc(Cl)cc23)c(OC)cc1Cl. The highest BCUT2D eigenvalue weighted by Gasteiger charge is 2.12. The van der Waals surface area contributed by atoms with Gasteiger partial charge in [0.25, 0.3) is 0 Å². The molecule has 0 aliphatic carbocycles. The van der Waals surface area contributed by atoms with Crippen LogP contribution in [0.5, 0.6) is 17.4 Å². The number of rotatable bonds is 4. The Bertz CT molecular complexity index is 935. The molecule has 0 unspecified atom stereocenters. The number of methoxy groups -OCH3 is 2. The first kappa shape index (κ1) is 16.5. The van der Waals surface area contributed by atoms with Gasteiger partial charge in [-0.05, 0) is 18.2 Å². The number of ether oxygens (including phenoxy) is 2. The standard InChI is InChI=1S/C17H14Cl2N2O3/c1-23-15-7-14(16(24-2)6-12(15)19)20-8-11-10-5-9(18)3-4-13(10)21-17(11)22/h3-8,21-22H,1-2H3. The fourth-order valence-electron chi connectivity index (χ4n) is 2.38. The average molecular weight is 365 g/mol. The van der Waals surface area contributed by atoms with E-state index in [4.69, 9.17) is 32.7 Å². The second-order valence-electron chi connectivity index (χ2n) is 4.99. The minimum Gasteiger partial charge on any atom is -0.495 e. The maximum atomic E-state index is 10.1. The lowest BCUT2D eigenvalue weighted by Crippen LogP contribution is -1.89. The summed E-state index contributed by atoms with van der Waals surface area (Å²) in [5.41, 5.74) is 1.82. The van der Waals surface area contributed by atoms with Gasteiger partial charge in [-0.15, -0.1) is 0 Å². The number of H-pyrrole nitrogens is 1. The molecule has 3 aromatic rings. The molecular formula is C17H14Cl2N2O3. The normalized spacial score (nSPS) is 11.3. The van der Waals surface area contributed by atoms with Crippen molar-refractivity contribution in [2.75, 3.05) is 14.2 Å². The first-order valence-electron chi connectivity index (χ1n) is 6.99. The number of aromatic nitrogens is 1. The minimum atomic E-state index is 0.0101. The van der Waals surface area contributed by atoms with Crippen LogP contribution in [0.2, 0.25) is 10.0 Å². The van der Waals surface area contributed by atoms with Crippen molar-refractivity contribution in [2.45, 2.75) is 0 Å². The third-order valence-electron chi connectivity index (χ3n) is 3.57. The Morgan fingerprint density at radius 2 is 1.83 bits per heavy atom. The van der Waals surface area contributed by atoms with E-state index in [0.717, 1.165) is 10.9 Å². The van der Waals surface area contributed by atoms with Crippen LogP contribution >= 0.6 is 23.2 Å². The fraction of sp³-hybridized carbons (Fsp3) is 0.118. The lowest BCUT2D eigenvalue weighted by Gasteiger charge is -2.08. The molecule has 0 radical (unpaired) electrons. The zero-order valence-electron chi connectivity index (χ0n) is 12.9. The van der Waals surface area contributed by atoms with Crippen LogP contribution in [0.15, 0.2) is 35.3 Å². The van der Waals surface area contributed by atoms with Crippen LogP contribution in [0.4, 0.5) is 5.69 Å². The molecule has 0 amide bonds. The lowest BCUT2D eigenvalue weighted by atomic mass is 10.2. The molecule has 3 rings (SSSR count). The lowest BCUT2D eigenvalue weighted by molar-refractivity contribution is 0.404. The molecule has 124 valence electrons. The van der Waals surface area contributed by atoms with Crippen molar-refractivity contribution in [1.82, 2.24) is 4.98 Å². The molecule has 0 saturated heterocycles. The first-order valence-corrected chi connectivity index (χ1v) is 7.75. The summed E-state index contributed by atoms with van der Waals surface area (Å²) in [5.74, 6) is 0.987. The monoisotopic (exact) mass is 364 g/mol. The molecule has 0 bridgehead atoms. The zero-order chi connectivity index (χ0) is 17.3. The van der Waals surface area contributed by atoms with Crippen molar-refractivity contribution in [3.8, 4) is 17.4 Å². The molecule has 24 heavy (non-hydrogen) atoms. The first-order chi connectivity index (χ1) is 11.5. The number of aliphatic imine (C=N–C) groups is 1. The van der Waals surface area contributed by atoms with Gasteiger partial charge in [-0.2, -0.15) is 0 Å². The van der Waals surface area contributed by atoms with Gasteiger partial charge in [-0.1, -0.05) is 23.2 Å². The van der Waals surface area contributed by atoms with Gasteiger partial charge in [0.1, 0.15) is 17.2 Å². The second kappa shape index (κ2) is 6.63. The van der Waals surface area contributed by atoms with Crippen molar-refractivity contribution in [2.24, 2.45) is 4.99 Å². The van der Waals surface area contributed by atoms with Gasteiger partial charge < -0.3 is 19.6 Å². The van der Waals surface area contributed by atoms with E-state index < -0.39 is 0 Å². The van der Waals surface area contributed by atoms with E-state index >= 15 is 0 Å². The summed E-state index contributed by atoms with van der Waals surface area (Å²) < 4.78 is 10.5. The molecule has 0 atom stereocenters. The quantitative estimate of drug-likeness (QED) is 0.643. The number of hydrogen-bond donors (Lipinski definition) is 2. The van der Waals surface area contributed by atoms with E-state index in [1.165, 1.54) is 20.4 Å². The fourth-order valence-corrected chi connectivity index (χ4v) is 2.78. The van der Waals surface area contributed by atoms with Crippen LogP contribution in [0.3, 0.4) is 0 Å². The number of hydrogen-bond acceptors (Lipinski definition) is 4. The number of fused-ring (bicyclic) bond motifs is 1. The summed E-state index contributed by atoms with van der Waals surface area (Å²) >= 11 is 12.1. The van der Waals surface area contributed by atoms with Gasteiger partial charge in [-0.3, -0.25) is 4.99 Å². The highest BCUT2D eigenvalue weighted by molar-refractivity contribution is 6.32. The number of aromatic amines is 1. The molecule has 0 aliphatic rings. The summed E-state index contributed by atoms with van der Waals surface area (Å²) in [4.78, 5) is 7.28. The molecule has 2 N–H and O–H groups in total. The molecule has 1 heterocycles. The molecule has 0 aliphatic heterocycles. The summed E-state index contributed by atoms with van der Waals surface area (Å²) in [6.07, 6.45) is 1.54. The maximum absolute atomic E-state index is 10.1. The van der Waals surface area contributed by atoms with Crippen molar-refractivity contribution < 1.29 is 14.6 Å². The molecule has 2 aromatic carbocycles. The van der Waals surface area contributed by atoms with Gasteiger partial charge in [0.15, 0.2) is 5.88 Å². The summed E-state index contributed by atoms with van der Waals surface area (Å²) in [7, 11) is 3.05. The van der Waals surface area contributed by atoms with Crippen LogP contribution in [0, 0.1) is 0 Å². The zero-order valence-corrected chi connectivity index (χ0v) is 14.4. The Kier molecular flexibility index (Phi) is 4.55. The topological polar surface area (TPSA) is 66.8 Å². The number of nitrogens with one attached hydrogen (secondary N) is 1. The average Bonchev–Trinajstić information content (AvgIpc) is 2.88. The Morgan fingerprint density at radius 1 is 1.08 bits per heavy atom. The summed E-state index contributed by atoms with van der Waals surface area (Å²) in [5, 5.41) is 11.9.